The normalized spacial score (nSPS) is 11.3. The molecule has 0 saturated heterocycles. The van der Waals surface area contributed by atoms with Gasteiger partial charge in [-0.05, 0) is 54.3 Å². The topological polar surface area (TPSA) is 75.7 Å². The molecule has 3 aromatic carbocycles. The number of hydrogen-bond acceptors (Lipinski definition) is 4. The number of benzene rings is 3. The van der Waals surface area contributed by atoms with E-state index in [0.717, 1.165) is 15.4 Å². The minimum atomic E-state index is -4.13. The summed E-state index contributed by atoms with van der Waals surface area (Å²) in [7, 11) is -2.72. The number of aryl methyl sites for hydroxylation is 1. The van der Waals surface area contributed by atoms with Gasteiger partial charge < -0.3 is 10.1 Å². The number of carbonyl (C=O) groups excluding carboxylic acids is 1. The van der Waals surface area contributed by atoms with Crippen molar-refractivity contribution in [1.29, 1.82) is 0 Å². The van der Waals surface area contributed by atoms with Crippen molar-refractivity contribution in [3.05, 3.63) is 82.3 Å². The van der Waals surface area contributed by atoms with Crippen molar-refractivity contribution in [3.63, 3.8) is 0 Å². The molecule has 0 aliphatic carbocycles. The number of sulfonamides is 1. The van der Waals surface area contributed by atoms with Crippen molar-refractivity contribution in [2.24, 2.45) is 0 Å². The van der Waals surface area contributed by atoms with E-state index in [1.165, 1.54) is 13.2 Å². The standard InChI is InChI=1S/C25H27BrN2O4S/c1-17(2)21-12-8-9-18(3)25(21)27-24(29)16-28(20-10-6-5-7-11-20)33(30,31)23-15-19(26)13-14-22(23)32-4/h5-15,17H,16H2,1-4H3,(H,27,29). The molecule has 0 heterocycles. The number of nitrogens with zero attached hydrogens (tertiary/aromatic N) is 1. The van der Waals surface area contributed by atoms with Gasteiger partial charge in [-0.3, -0.25) is 9.10 Å². The zero-order valence-corrected chi connectivity index (χ0v) is 21.4. The third kappa shape index (κ3) is 5.57. The number of anilines is 2. The SMILES string of the molecule is COc1ccc(Br)cc1S(=O)(=O)N(CC(=O)Nc1c(C)cccc1C(C)C)c1ccccc1. The fourth-order valence-electron chi connectivity index (χ4n) is 3.53. The predicted molar refractivity (Wildman–Crippen MR) is 136 cm³/mol. The van der Waals surface area contributed by atoms with Gasteiger partial charge in [0.15, 0.2) is 0 Å². The Bertz CT molecular complexity index is 1240. The van der Waals surface area contributed by atoms with Gasteiger partial charge in [0, 0.05) is 10.2 Å². The van der Waals surface area contributed by atoms with E-state index in [1.807, 2.05) is 39.0 Å². The lowest BCUT2D eigenvalue weighted by Crippen LogP contribution is -2.38. The number of hydrogen-bond donors (Lipinski definition) is 1. The molecule has 0 saturated carbocycles. The Morgan fingerprint density at radius 1 is 1.06 bits per heavy atom. The van der Waals surface area contributed by atoms with Crippen molar-refractivity contribution in [3.8, 4) is 5.75 Å². The van der Waals surface area contributed by atoms with Crippen LogP contribution in [0.3, 0.4) is 0 Å². The second kappa shape index (κ2) is 10.4. The number of carbonyl (C=O) groups is 1. The molecule has 0 spiro atoms. The summed E-state index contributed by atoms with van der Waals surface area (Å²) < 4.78 is 34.5. The van der Waals surface area contributed by atoms with Gasteiger partial charge in [-0.1, -0.05) is 66.2 Å². The highest BCUT2D eigenvalue weighted by molar-refractivity contribution is 9.10. The molecular weight excluding hydrogens is 504 g/mol. The van der Waals surface area contributed by atoms with Crippen molar-refractivity contribution >= 4 is 43.2 Å². The van der Waals surface area contributed by atoms with Crippen LogP contribution in [0.2, 0.25) is 0 Å². The summed E-state index contributed by atoms with van der Waals surface area (Å²) in [4.78, 5) is 13.1. The smallest absolute Gasteiger partial charge is 0.268 e. The molecule has 0 aliphatic rings. The summed E-state index contributed by atoms with van der Waals surface area (Å²) in [5.74, 6) is -0.0479. The second-order valence-electron chi connectivity index (χ2n) is 7.88. The molecule has 0 fully saturated rings. The average molecular weight is 531 g/mol. The minimum absolute atomic E-state index is 0.0326. The van der Waals surface area contributed by atoms with Crippen molar-refractivity contribution in [2.45, 2.75) is 31.6 Å². The van der Waals surface area contributed by atoms with Gasteiger partial charge in [-0.2, -0.15) is 0 Å². The van der Waals surface area contributed by atoms with Crippen LogP contribution < -0.4 is 14.4 Å². The first kappa shape index (κ1) is 24.8. The molecule has 0 atom stereocenters. The quantitative estimate of drug-likeness (QED) is 0.403. The maximum Gasteiger partial charge on any atom is 0.268 e. The lowest BCUT2D eigenvalue weighted by atomic mass is 9.98. The third-order valence-electron chi connectivity index (χ3n) is 5.22. The molecule has 0 aliphatic heterocycles. The number of rotatable bonds is 8. The molecule has 33 heavy (non-hydrogen) atoms. The number of nitrogens with one attached hydrogen (secondary N) is 1. The van der Waals surface area contributed by atoms with Crippen LogP contribution in [0.25, 0.3) is 0 Å². The van der Waals surface area contributed by atoms with Gasteiger partial charge in [-0.25, -0.2) is 8.42 Å². The Morgan fingerprint density at radius 2 is 1.76 bits per heavy atom. The summed E-state index contributed by atoms with van der Waals surface area (Å²) >= 11 is 3.33. The van der Waals surface area contributed by atoms with E-state index in [1.54, 1.807) is 42.5 Å². The molecule has 3 aromatic rings. The lowest BCUT2D eigenvalue weighted by Gasteiger charge is -2.25. The van der Waals surface area contributed by atoms with E-state index in [4.69, 9.17) is 4.74 Å². The largest absolute Gasteiger partial charge is 0.495 e. The van der Waals surface area contributed by atoms with Crippen LogP contribution in [0.5, 0.6) is 5.75 Å². The molecule has 0 radical (unpaired) electrons. The van der Waals surface area contributed by atoms with Gasteiger partial charge in [0.05, 0.1) is 12.8 Å². The van der Waals surface area contributed by atoms with Gasteiger partial charge >= 0.3 is 0 Å². The van der Waals surface area contributed by atoms with Crippen LogP contribution in [-0.4, -0.2) is 28.0 Å². The first-order valence-electron chi connectivity index (χ1n) is 10.5. The van der Waals surface area contributed by atoms with Crippen molar-refractivity contribution in [1.82, 2.24) is 0 Å². The summed E-state index contributed by atoms with van der Waals surface area (Å²) in [6.07, 6.45) is 0. The van der Waals surface area contributed by atoms with E-state index in [0.29, 0.717) is 15.8 Å². The summed E-state index contributed by atoms with van der Waals surface area (Å²) in [6.45, 7) is 5.61. The van der Waals surface area contributed by atoms with Gasteiger partial charge in [0.1, 0.15) is 17.2 Å². The maximum atomic E-state index is 13.7. The Hall–Kier alpha value is -2.84. The molecule has 0 bridgehead atoms. The average Bonchev–Trinajstić information content (AvgIpc) is 2.79. The van der Waals surface area contributed by atoms with E-state index < -0.39 is 22.5 Å². The van der Waals surface area contributed by atoms with E-state index in [9.17, 15) is 13.2 Å². The third-order valence-corrected chi connectivity index (χ3v) is 7.50. The summed E-state index contributed by atoms with van der Waals surface area (Å²) in [5, 5.41) is 2.94. The highest BCUT2D eigenvalue weighted by Crippen LogP contribution is 2.33. The maximum absolute atomic E-state index is 13.7. The summed E-state index contributed by atoms with van der Waals surface area (Å²) in [6, 6.07) is 19.1. The van der Waals surface area contributed by atoms with E-state index >= 15 is 0 Å². The molecule has 174 valence electrons. The predicted octanol–water partition coefficient (Wildman–Crippen LogP) is 5.72. The molecule has 1 N–H and O–H groups in total. The highest BCUT2D eigenvalue weighted by Gasteiger charge is 2.30. The van der Waals surface area contributed by atoms with Gasteiger partial charge in [-0.15, -0.1) is 0 Å². The fraction of sp³-hybridized carbons (Fsp3) is 0.240. The minimum Gasteiger partial charge on any atom is -0.495 e. The molecule has 0 unspecified atom stereocenters. The van der Waals surface area contributed by atoms with Crippen LogP contribution in [0.15, 0.2) is 76.1 Å². The highest BCUT2D eigenvalue weighted by atomic mass is 79.9. The zero-order chi connectivity index (χ0) is 24.2. The Kier molecular flexibility index (Phi) is 7.81. The second-order valence-corrected chi connectivity index (χ2v) is 10.6. The molecule has 3 rings (SSSR count). The van der Waals surface area contributed by atoms with Crippen LogP contribution >= 0.6 is 15.9 Å². The van der Waals surface area contributed by atoms with Crippen LogP contribution in [0, 0.1) is 6.92 Å². The van der Waals surface area contributed by atoms with Gasteiger partial charge in [0.25, 0.3) is 10.0 Å². The lowest BCUT2D eigenvalue weighted by molar-refractivity contribution is -0.114. The molecular formula is C25H27BrN2O4S. The number of para-hydroxylation sites is 2. The Balaban J connectivity index is 2.02. The molecule has 6 nitrogen and oxygen atoms in total. The molecule has 8 heteroatoms. The number of methoxy groups -OCH3 is 1. The van der Waals surface area contributed by atoms with Crippen LogP contribution in [0.1, 0.15) is 30.9 Å². The first-order chi connectivity index (χ1) is 15.6. The Morgan fingerprint density at radius 3 is 2.39 bits per heavy atom. The number of halogens is 1. The number of amides is 1. The summed E-state index contributed by atoms with van der Waals surface area (Å²) in [5.41, 5.74) is 3.00. The number of ether oxygens (including phenoxy) is 1. The molecule has 1 amide bonds. The van der Waals surface area contributed by atoms with Crippen molar-refractivity contribution < 1.29 is 17.9 Å². The van der Waals surface area contributed by atoms with E-state index in [2.05, 4.69) is 21.2 Å². The first-order valence-corrected chi connectivity index (χ1v) is 12.7. The Labute approximate surface area is 203 Å². The van der Waals surface area contributed by atoms with Gasteiger partial charge in [0.2, 0.25) is 5.91 Å². The fourth-order valence-corrected chi connectivity index (χ4v) is 5.65. The van der Waals surface area contributed by atoms with Crippen LogP contribution in [0.4, 0.5) is 11.4 Å². The monoisotopic (exact) mass is 530 g/mol. The molecule has 0 aromatic heterocycles. The zero-order valence-electron chi connectivity index (χ0n) is 19.0. The van der Waals surface area contributed by atoms with Crippen LogP contribution in [-0.2, 0) is 14.8 Å². The van der Waals surface area contributed by atoms with E-state index in [-0.39, 0.29) is 16.6 Å². The van der Waals surface area contributed by atoms with Crippen molar-refractivity contribution in [2.75, 3.05) is 23.3 Å².